The molecule has 0 amide bonds. The minimum atomic E-state index is 0.171. The lowest BCUT2D eigenvalue weighted by atomic mass is 9.70. The van der Waals surface area contributed by atoms with E-state index < -0.39 is 0 Å². The molecule has 0 radical (unpaired) electrons. The van der Waals surface area contributed by atoms with Gasteiger partial charge in [0.1, 0.15) is 0 Å². The van der Waals surface area contributed by atoms with E-state index in [9.17, 15) is 5.11 Å². The van der Waals surface area contributed by atoms with Gasteiger partial charge >= 0.3 is 0 Å². The molecular weight excluding hydrogens is 160 g/mol. The van der Waals surface area contributed by atoms with Crippen LogP contribution in [0, 0.1) is 17.3 Å². The fourth-order valence-electron chi connectivity index (χ4n) is 2.28. The van der Waals surface area contributed by atoms with E-state index in [2.05, 4.69) is 34.6 Å². The van der Waals surface area contributed by atoms with E-state index in [1.807, 2.05) is 0 Å². The summed E-state index contributed by atoms with van der Waals surface area (Å²) in [6, 6.07) is 0. The smallest absolute Gasteiger partial charge is 0.0489 e. The summed E-state index contributed by atoms with van der Waals surface area (Å²) >= 11 is 0. The van der Waals surface area contributed by atoms with E-state index >= 15 is 0 Å². The average molecular weight is 186 g/mol. The number of aliphatic hydroxyl groups excluding tert-OH is 1. The molecule has 1 nitrogen and oxygen atoms in total. The zero-order chi connectivity index (χ0) is 10.5. The van der Waals surface area contributed by atoms with Gasteiger partial charge in [-0.05, 0) is 36.5 Å². The summed E-state index contributed by atoms with van der Waals surface area (Å²) in [5, 5.41) is 9.46. The van der Waals surface area contributed by atoms with Gasteiger partial charge in [-0.15, -0.1) is 0 Å². The Morgan fingerprint density at radius 2 is 1.54 bits per heavy atom. The van der Waals surface area contributed by atoms with Crippen molar-refractivity contribution >= 4 is 0 Å². The van der Waals surface area contributed by atoms with Crippen LogP contribution >= 0.6 is 0 Å². The summed E-state index contributed by atoms with van der Waals surface area (Å²) < 4.78 is 0. The van der Waals surface area contributed by atoms with Gasteiger partial charge in [0.2, 0.25) is 0 Å². The quantitative estimate of drug-likeness (QED) is 0.673. The highest BCUT2D eigenvalue weighted by Gasteiger charge is 2.31. The third kappa shape index (κ3) is 3.30. The zero-order valence-electron chi connectivity index (χ0n) is 9.93. The standard InChI is InChI=1S/C12H26O/c1-6-12(7-2,9-13)11(5)8-10(3)4/h10-11,13H,6-9H2,1-5H3. The van der Waals surface area contributed by atoms with Crippen LogP contribution in [0.1, 0.15) is 53.9 Å². The summed E-state index contributed by atoms with van der Waals surface area (Å²) in [4.78, 5) is 0. The van der Waals surface area contributed by atoms with Crippen molar-refractivity contribution in [3.8, 4) is 0 Å². The molecule has 1 unspecified atom stereocenters. The van der Waals surface area contributed by atoms with Crippen molar-refractivity contribution in [2.45, 2.75) is 53.9 Å². The molecule has 0 spiro atoms. The average Bonchev–Trinajstić information content (AvgIpc) is 2.07. The minimum absolute atomic E-state index is 0.171. The van der Waals surface area contributed by atoms with Crippen LogP contribution in [-0.2, 0) is 0 Å². The Bertz CT molecular complexity index is 117. The summed E-state index contributed by atoms with van der Waals surface area (Å²) in [7, 11) is 0. The number of hydrogen-bond acceptors (Lipinski definition) is 1. The largest absolute Gasteiger partial charge is 0.396 e. The maximum Gasteiger partial charge on any atom is 0.0489 e. The first-order chi connectivity index (χ1) is 6.02. The molecule has 0 bridgehead atoms. The van der Waals surface area contributed by atoms with Crippen molar-refractivity contribution < 1.29 is 5.11 Å². The molecule has 0 rings (SSSR count). The Morgan fingerprint density at radius 3 is 1.77 bits per heavy atom. The lowest BCUT2D eigenvalue weighted by molar-refractivity contribution is 0.0496. The summed E-state index contributed by atoms with van der Waals surface area (Å²) in [5.41, 5.74) is 0.171. The van der Waals surface area contributed by atoms with Crippen LogP contribution in [0.2, 0.25) is 0 Å². The Balaban J connectivity index is 4.34. The molecule has 0 fully saturated rings. The molecule has 0 aliphatic carbocycles. The first-order valence-corrected chi connectivity index (χ1v) is 5.63. The molecule has 13 heavy (non-hydrogen) atoms. The molecule has 0 aliphatic heterocycles. The van der Waals surface area contributed by atoms with Crippen molar-refractivity contribution in [3.05, 3.63) is 0 Å². The highest BCUT2D eigenvalue weighted by molar-refractivity contribution is 4.81. The third-order valence-corrected chi connectivity index (χ3v) is 3.59. The first-order valence-electron chi connectivity index (χ1n) is 5.63. The highest BCUT2D eigenvalue weighted by atomic mass is 16.3. The predicted octanol–water partition coefficient (Wildman–Crippen LogP) is 3.47. The first kappa shape index (κ1) is 13.0. The molecule has 0 saturated heterocycles. The van der Waals surface area contributed by atoms with Crippen LogP contribution < -0.4 is 0 Å². The van der Waals surface area contributed by atoms with E-state index in [0.29, 0.717) is 12.5 Å². The van der Waals surface area contributed by atoms with Gasteiger partial charge in [-0.2, -0.15) is 0 Å². The second kappa shape index (κ2) is 5.64. The van der Waals surface area contributed by atoms with Crippen molar-refractivity contribution in [2.24, 2.45) is 17.3 Å². The second-order valence-electron chi connectivity index (χ2n) is 4.76. The fourth-order valence-corrected chi connectivity index (χ4v) is 2.28. The Hall–Kier alpha value is -0.0400. The topological polar surface area (TPSA) is 20.2 Å². The maximum absolute atomic E-state index is 9.46. The van der Waals surface area contributed by atoms with Crippen LogP contribution in [0.4, 0.5) is 0 Å². The Labute approximate surface area is 83.5 Å². The molecule has 1 atom stereocenters. The number of rotatable bonds is 6. The molecule has 0 aromatic rings. The number of aliphatic hydroxyl groups is 1. The van der Waals surface area contributed by atoms with Crippen LogP contribution in [-0.4, -0.2) is 11.7 Å². The van der Waals surface area contributed by atoms with Crippen molar-refractivity contribution in [3.63, 3.8) is 0 Å². The summed E-state index contributed by atoms with van der Waals surface area (Å²) in [6.07, 6.45) is 3.41. The molecule has 0 aromatic carbocycles. The van der Waals surface area contributed by atoms with Gasteiger partial charge in [0, 0.05) is 6.61 Å². The van der Waals surface area contributed by atoms with Crippen molar-refractivity contribution in [2.75, 3.05) is 6.61 Å². The van der Waals surface area contributed by atoms with Gasteiger partial charge in [0.25, 0.3) is 0 Å². The SMILES string of the molecule is CCC(CC)(CO)C(C)CC(C)C. The Kier molecular flexibility index (Phi) is 5.62. The molecule has 80 valence electrons. The molecule has 0 aromatic heterocycles. The van der Waals surface area contributed by atoms with Gasteiger partial charge in [-0.3, -0.25) is 0 Å². The van der Waals surface area contributed by atoms with E-state index in [1.54, 1.807) is 0 Å². The summed E-state index contributed by atoms with van der Waals surface area (Å²) in [5.74, 6) is 1.37. The van der Waals surface area contributed by atoms with Crippen molar-refractivity contribution in [1.29, 1.82) is 0 Å². The van der Waals surface area contributed by atoms with Gasteiger partial charge in [-0.1, -0.05) is 34.6 Å². The van der Waals surface area contributed by atoms with Crippen molar-refractivity contribution in [1.82, 2.24) is 0 Å². The van der Waals surface area contributed by atoms with Crippen LogP contribution in [0.5, 0.6) is 0 Å². The molecule has 0 aliphatic rings. The van der Waals surface area contributed by atoms with E-state index in [4.69, 9.17) is 0 Å². The van der Waals surface area contributed by atoms with E-state index in [0.717, 1.165) is 18.8 Å². The molecule has 0 heterocycles. The third-order valence-electron chi connectivity index (χ3n) is 3.59. The van der Waals surface area contributed by atoms with Crippen LogP contribution in [0.3, 0.4) is 0 Å². The maximum atomic E-state index is 9.46. The normalized spacial score (nSPS) is 15.0. The van der Waals surface area contributed by atoms with Gasteiger partial charge in [-0.25, -0.2) is 0 Å². The second-order valence-corrected chi connectivity index (χ2v) is 4.76. The summed E-state index contributed by atoms with van der Waals surface area (Å²) in [6.45, 7) is 11.5. The monoisotopic (exact) mass is 186 g/mol. The lowest BCUT2D eigenvalue weighted by Gasteiger charge is -2.37. The van der Waals surface area contributed by atoms with Gasteiger partial charge < -0.3 is 5.11 Å². The number of hydrogen-bond donors (Lipinski definition) is 1. The Morgan fingerprint density at radius 1 is 1.08 bits per heavy atom. The van der Waals surface area contributed by atoms with E-state index in [-0.39, 0.29) is 5.41 Å². The molecule has 1 N–H and O–H groups in total. The van der Waals surface area contributed by atoms with Crippen LogP contribution in [0.25, 0.3) is 0 Å². The fraction of sp³-hybridized carbons (Fsp3) is 1.00. The highest BCUT2D eigenvalue weighted by Crippen LogP contribution is 2.38. The lowest BCUT2D eigenvalue weighted by Crippen LogP contribution is -2.32. The minimum Gasteiger partial charge on any atom is -0.396 e. The molecular formula is C12H26O. The predicted molar refractivity (Wildman–Crippen MR) is 58.7 cm³/mol. The molecule has 1 heteroatoms. The molecule has 0 saturated carbocycles. The van der Waals surface area contributed by atoms with E-state index in [1.165, 1.54) is 6.42 Å². The van der Waals surface area contributed by atoms with Crippen LogP contribution in [0.15, 0.2) is 0 Å². The zero-order valence-corrected chi connectivity index (χ0v) is 9.93. The van der Waals surface area contributed by atoms with Gasteiger partial charge in [0.05, 0.1) is 0 Å². The van der Waals surface area contributed by atoms with Gasteiger partial charge in [0.15, 0.2) is 0 Å².